The van der Waals surface area contributed by atoms with E-state index >= 15 is 4.39 Å². The first kappa shape index (κ1) is 20.3. The molecule has 0 amide bonds. The minimum absolute atomic E-state index is 0.292. The van der Waals surface area contributed by atoms with Crippen LogP contribution in [-0.4, -0.2) is 8.80 Å². The van der Waals surface area contributed by atoms with E-state index in [9.17, 15) is 4.39 Å². The van der Waals surface area contributed by atoms with Gasteiger partial charge < -0.3 is 0 Å². The summed E-state index contributed by atoms with van der Waals surface area (Å²) in [6, 6.07) is 16.5. The third-order valence-corrected chi connectivity index (χ3v) is 9.33. The fraction of sp³-hybridized carbons (Fsp3) is 0.385. The molecule has 1 radical (unpaired) electrons. The number of allylic oxidation sites excluding steroid dienone is 4. The van der Waals surface area contributed by atoms with Gasteiger partial charge in [0.1, 0.15) is 5.82 Å². The SMILES string of the molecule is CCCC1CC[Si](C2=CC(F)(c3ccccc3-c3cccc(F)c3)CC=C2)CC1. The molecule has 1 saturated heterocycles. The van der Waals surface area contributed by atoms with E-state index in [1.165, 1.54) is 55.1 Å². The lowest BCUT2D eigenvalue weighted by atomic mass is 9.84. The highest BCUT2D eigenvalue weighted by molar-refractivity contribution is 6.67. The van der Waals surface area contributed by atoms with E-state index in [2.05, 4.69) is 13.0 Å². The molecule has 1 fully saturated rings. The number of rotatable bonds is 5. The Kier molecular flexibility index (Phi) is 6.14. The molecule has 0 saturated carbocycles. The lowest BCUT2D eigenvalue weighted by molar-refractivity contribution is 0.236. The minimum Gasteiger partial charge on any atom is -0.234 e. The predicted octanol–water partition coefficient (Wildman–Crippen LogP) is 7.79. The van der Waals surface area contributed by atoms with Gasteiger partial charge in [-0.3, -0.25) is 0 Å². The van der Waals surface area contributed by atoms with Crippen molar-refractivity contribution in [2.45, 2.75) is 56.8 Å². The van der Waals surface area contributed by atoms with Gasteiger partial charge in [0.25, 0.3) is 0 Å². The first-order valence-corrected chi connectivity index (χ1v) is 12.8. The average molecular weight is 408 g/mol. The van der Waals surface area contributed by atoms with E-state index in [1.54, 1.807) is 6.07 Å². The summed E-state index contributed by atoms with van der Waals surface area (Å²) in [5.74, 6) is 0.574. The molecule has 0 nitrogen and oxygen atoms in total. The normalized spacial score (nSPS) is 23.2. The molecule has 1 heterocycles. The van der Waals surface area contributed by atoms with Crippen LogP contribution in [0, 0.1) is 11.7 Å². The van der Waals surface area contributed by atoms with E-state index in [4.69, 9.17) is 0 Å². The zero-order valence-electron chi connectivity index (χ0n) is 17.1. The van der Waals surface area contributed by atoms with Crippen LogP contribution in [0.5, 0.6) is 0 Å². The molecule has 29 heavy (non-hydrogen) atoms. The zero-order chi connectivity index (χ0) is 20.3. The topological polar surface area (TPSA) is 0 Å². The van der Waals surface area contributed by atoms with Crippen molar-refractivity contribution >= 4 is 8.80 Å². The van der Waals surface area contributed by atoms with Crippen LogP contribution in [0.4, 0.5) is 8.78 Å². The van der Waals surface area contributed by atoms with Crippen LogP contribution in [0.3, 0.4) is 0 Å². The Hall–Kier alpha value is -2.00. The summed E-state index contributed by atoms with van der Waals surface area (Å²) in [7, 11) is -0.685. The number of hydrogen-bond acceptors (Lipinski definition) is 0. The summed E-state index contributed by atoms with van der Waals surface area (Å²) in [5, 5.41) is 1.24. The lowest BCUT2D eigenvalue weighted by Crippen LogP contribution is -2.28. The largest absolute Gasteiger partial charge is 0.234 e. The van der Waals surface area contributed by atoms with Crippen molar-refractivity contribution in [2.75, 3.05) is 0 Å². The molecule has 2 aromatic carbocycles. The second kappa shape index (κ2) is 8.79. The second-order valence-electron chi connectivity index (χ2n) is 8.46. The summed E-state index contributed by atoms with van der Waals surface area (Å²) < 4.78 is 30.1. The highest BCUT2D eigenvalue weighted by atomic mass is 28.3. The maximum absolute atomic E-state index is 16.3. The molecule has 0 spiro atoms. The molecule has 3 heteroatoms. The molecule has 0 N–H and O–H groups in total. The Labute approximate surface area is 175 Å². The van der Waals surface area contributed by atoms with Crippen molar-refractivity contribution in [1.82, 2.24) is 0 Å². The van der Waals surface area contributed by atoms with Gasteiger partial charge in [0.2, 0.25) is 0 Å². The fourth-order valence-corrected chi connectivity index (χ4v) is 8.01. The van der Waals surface area contributed by atoms with Crippen LogP contribution < -0.4 is 0 Å². The summed E-state index contributed by atoms with van der Waals surface area (Å²) in [6.45, 7) is 2.26. The van der Waals surface area contributed by atoms with Crippen LogP contribution in [-0.2, 0) is 5.67 Å². The molecular formula is C26H29F2Si. The van der Waals surface area contributed by atoms with Crippen molar-refractivity contribution < 1.29 is 8.78 Å². The molecule has 151 valence electrons. The molecule has 1 unspecified atom stereocenters. The molecule has 1 aliphatic carbocycles. The summed E-state index contributed by atoms with van der Waals surface area (Å²) in [4.78, 5) is 0. The Morgan fingerprint density at radius 1 is 1.07 bits per heavy atom. The minimum atomic E-state index is -1.52. The Morgan fingerprint density at radius 2 is 1.86 bits per heavy atom. The zero-order valence-corrected chi connectivity index (χ0v) is 18.1. The van der Waals surface area contributed by atoms with Crippen molar-refractivity contribution in [3.05, 3.63) is 83.3 Å². The van der Waals surface area contributed by atoms with Gasteiger partial charge in [-0.25, -0.2) is 8.78 Å². The van der Waals surface area contributed by atoms with Gasteiger partial charge in [-0.05, 0) is 35.3 Å². The quantitative estimate of drug-likeness (QED) is 0.444. The third kappa shape index (κ3) is 4.45. The standard InChI is InChI=1S/C26H29F2Si/c1-2-7-20-13-16-29(17-14-20)23-10-6-15-26(28,19-23)25-12-4-3-11-24(25)21-8-5-9-22(27)18-21/h3-6,8-12,18-20H,2,7,13-17H2,1H3. The highest BCUT2D eigenvalue weighted by Crippen LogP contribution is 2.43. The van der Waals surface area contributed by atoms with E-state index < -0.39 is 14.5 Å². The van der Waals surface area contributed by atoms with Gasteiger partial charge in [0, 0.05) is 12.0 Å². The van der Waals surface area contributed by atoms with Gasteiger partial charge in [0.05, 0.1) is 8.80 Å². The molecule has 2 aromatic rings. The molecule has 0 bridgehead atoms. The van der Waals surface area contributed by atoms with Gasteiger partial charge in [-0.1, -0.05) is 98.4 Å². The third-order valence-electron chi connectivity index (χ3n) is 6.42. The van der Waals surface area contributed by atoms with E-state index in [-0.39, 0.29) is 5.82 Å². The van der Waals surface area contributed by atoms with Gasteiger partial charge in [0.15, 0.2) is 5.67 Å². The molecule has 0 aromatic heterocycles. The summed E-state index contributed by atoms with van der Waals surface area (Å²) in [5.41, 5.74) is 0.639. The first-order valence-electron chi connectivity index (χ1n) is 10.9. The summed E-state index contributed by atoms with van der Waals surface area (Å²) >= 11 is 0. The number of alkyl halides is 1. The van der Waals surface area contributed by atoms with Crippen molar-refractivity contribution in [3.8, 4) is 11.1 Å². The fourth-order valence-electron chi connectivity index (χ4n) is 4.88. The molecule has 1 aliphatic heterocycles. The molecule has 2 aliphatic rings. The van der Waals surface area contributed by atoms with Crippen LogP contribution in [0.15, 0.2) is 72.0 Å². The molecule has 1 atom stereocenters. The van der Waals surface area contributed by atoms with Crippen molar-refractivity contribution in [2.24, 2.45) is 5.92 Å². The Bertz CT molecular complexity index is 908. The van der Waals surface area contributed by atoms with Crippen molar-refractivity contribution in [1.29, 1.82) is 0 Å². The second-order valence-corrected chi connectivity index (χ2v) is 11.2. The average Bonchev–Trinajstić information content (AvgIpc) is 2.75. The van der Waals surface area contributed by atoms with Gasteiger partial charge in [-0.15, -0.1) is 0 Å². The monoisotopic (exact) mass is 407 g/mol. The van der Waals surface area contributed by atoms with Crippen LogP contribution in [0.1, 0.15) is 44.6 Å². The number of hydrogen-bond donors (Lipinski definition) is 0. The van der Waals surface area contributed by atoms with Crippen molar-refractivity contribution in [3.63, 3.8) is 0 Å². The van der Waals surface area contributed by atoms with Gasteiger partial charge >= 0.3 is 0 Å². The molecular weight excluding hydrogens is 378 g/mol. The molecule has 4 rings (SSSR count). The van der Waals surface area contributed by atoms with Gasteiger partial charge in [-0.2, -0.15) is 0 Å². The maximum atomic E-state index is 16.3. The van der Waals surface area contributed by atoms with Crippen LogP contribution >= 0.6 is 0 Å². The maximum Gasteiger partial charge on any atom is 0.158 e. The van der Waals surface area contributed by atoms with E-state index in [0.717, 1.165) is 17.0 Å². The van der Waals surface area contributed by atoms with Crippen LogP contribution in [0.25, 0.3) is 11.1 Å². The van der Waals surface area contributed by atoms with E-state index in [1.807, 2.05) is 42.5 Å². The van der Waals surface area contributed by atoms with E-state index in [0.29, 0.717) is 12.0 Å². The van der Waals surface area contributed by atoms with Crippen LogP contribution in [0.2, 0.25) is 12.1 Å². The lowest BCUT2D eigenvalue weighted by Gasteiger charge is -2.32. The first-order chi connectivity index (χ1) is 14.1. The Morgan fingerprint density at radius 3 is 2.62 bits per heavy atom. The predicted molar refractivity (Wildman–Crippen MR) is 119 cm³/mol. The summed E-state index contributed by atoms with van der Waals surface area (Å²) in [6.07, 6.45) is 11.6. The Balaban J connectivity index is 1.63. The number of benzene rings is 2. The smallest absolute Gasteiger partial charge is 0.158 e. The number of halogens is 2. The highest BCUT2D eigenvalue weighted by Gasteiger charge is 2.35.